The predicted molar refractivity (Wildman–Crippen MR) is 79.2 cm³/mol. The SMILES string of the molecule is CCNC(CCC(C)(C)C)c1ccc(F)c(F)c1Br. The largest absolute Gasteiger partial charge is 0.310 e. The van der Waals surface area contributed by atoms with Crippen LogP contribution in [0, 0.1) is 17.0 Å². The highest BCUT2D eigenvalue weighted by Crippen LogP contribution is 2.33. The lowest BCUT2D eigenvalue weighted by molar-refractivity contribution is 0.333. The molecule has 0 heterocycles. The summed E-state index contributed by atoms with van der Waals surface area (Å²) in [4.78, 5) is 0. The van der Waals surface area contributed by atoms with E-state index in [9.17, 15) is 8.78 Å². The molecular formula is C15H22BrF2N. The number of halogens is 3. The van der Waals surface area contributed by atoms with Gasteiger partial charge in [0.1, 0.15) is 0 Å². The molecular weight excluding hydrogens is 312 g/mol. The summed E-state index contributed by atoms with van der Waals surface area (Å²) in [5.41, 5.74) is 1.00. The van der Waals surface area contributed by atoms with Gasteiger partial charge in [-0.2, -0.15) is 0 Å². The zero-order valence-electron chi connectivity index (χ0n) is 12.0. The second-order valence-electron chi connectivity index (χ2n) is 5.97. The summed E-state index contributed by atoms with van der Waals surface area (Å²) < 4.78 is 27.0. The van der Waals surface area contributed by atoms with Gasteiger partial charge in [0.15, 0.2) is 11.6 Å². The van der Waals surface area contributed by atoms with Gasteiger partial charge in [0.2, 0.25) is 0 Å². The summed E-state index contributed by atoms with van der Waals surface area (Å²) in [7, 11) is 0. The molecule has 0 saturated carbocycles. The van der Waals surface area contributed by atoms with Crippen LogP contribution in [0.15, 0.2) is 16.6 Å². The van der Waals surface area contributed by atoms with E-state index in [0.717, 1.165) is 24.9 Å². The van der Waals surface area contributed by atoms with Gasteiger partial charge >= 0.3 is 0 Å². The monoisotopic (exact) mass is 333 g/mol. The lowest BCUT2D eigenvalue weighted by Crippen LogP contribution is -2.23. The van der Waals surface area contributed by atoms with Crippen LogP contribution in [0.2, 0.25) is 0 Å². The summed E-state index contributed by atoms with van der Waals surface area (Å²) in [6, 6.07) is 2.88. The Morgan fingerprint density at radius 1 is 1.26 bits per heavy atom. The first-order valence-corrected chi connectivity index (χ1v) is 7.42. The number of benzene rings is 1. The third-order valence-electron chi connectivity index (χ3n) is 3.07. The van der Waals surface area contributed by atoms with Crippen LogP contribution in [0.3, 0.4) is 0 Å². The quantitative estimate of drug-likeness (QED) is 0.730. The Balaban J connectivity index is 2.96. The third kappa shape index (κ3) is 4.84. The molecule has 4 heteroatoms. The summed E-state index contributed by atoms with van der Waals surface area (Å²) in [5, 5.41) is 3.34. The molecule has 0 aromatic heterocycles. The van der Waals surface area contributed by atoms with E-state index in [1.165, 1.54) is 6.07 Å². The molecule has 0 fully saturated rings. The first kappa shape index (κ1) is 16.6. The van der Waals surface area contributed by atoms with E-state index in [2.05, 4.69) is 42.0 Å². The zero-order chi connectivity index (χ0) is 14.6. The van der Waals surface area contributed by atoms with Gasteiger partial charge in [0.05, 0.1) is 4.47 Å². The normalized spacial score (nSPS) is 13.6. The van der Waals surface area contributed by atoms with Crippen molar-refractivity contribution in [2.45, 2.75) is 46.6 Å². The topological polar surface area (TPSA) is 12.0 Å². The molecule has 1 aromatic rings. The molecule has 1 nitrogen and oxygen atoms in total. The van der Waals surface area contributed by atoms with Crippen molar-refractivity contribution < 1.29 is 8.78 Å². The lowest BCUT2D eigenvalue weighted by Gasteiger charge is -2.25. The van der Waals surface area contributed by atoms with Crippen LogP contribution in [0.4, 0.5) is 8.78 Å². The Hall–Kier alpha value is -0.480. The lowest BCUT2D eigenvalue weighted by atomic mass is 9.87. The molecule has 0 aliphatic heterocycles. The predicted octanol–water partition coefficient (Wildman–Crippen LogP) is 5.20. The average molecular weight is 334 g/mol. The smallest absolute Gasteiger partial charge is 0.173 e. The minimum atomic E-state index is -0.818. The standard InChI is InChI=1S/C15H22BrF2N/c1-5-19-12(8-9-15(2,3)4)10-6-7-11(17)14(18)13(10)16/h6-7,12,19H,5,8-9H2,1-4H3. The second-order valence-corrected chi connectivity index (χ2v) is 6.77. The minimum Gasteiger partial charge on any atom is -0.310 e. The molecule has 108 valence electrons. The van der Waals surface area contributed by atoms with Crippen molar-refractivity contribution in [2.24, 2.45) is 5.41 Å². The van der Waals surface area contributed by atoms with Crippen molar-refractivity contribution in [2.75, 3.05) is 6.54 Å². The summed E-state index contributed by atoms with van der Waals surface area (Å²) in [6.07, 6.45) is 1.90. The van der Waals surface area contributed by atoms with E-state index in [1.807, 2.05) is 6.92 Å². The van der Waals surface area contributed by atoms with Gasteiger partial charge < -0.3 is 5.32 Å². The Labute approximate surface area is 122 Å². The van der Waals surface area contributed by atoms with Crippen LogP contribution in [0.25, 0.3) is 0 Å². The van der Waals surface area contributed by atoms with Crippen molar-refractivity contribution in [3.05, 3.63) is 33.8 Å². The number of nitrogens with one attached hydrogen (secondary N) is 1. The molecule has 0 aliphatic rings. The molecule has 1 N–H and O–H groups in total. The maximum Gasteiger partial charge on any atom is 0.173 e. The average Bonchev–Trinajstić information content (AvgIpc) is 2.31. The fourth-order valence-corrected chi connectivity index (χ4v) is 2.60. The highest BCUT2D eigenvalue weighted by Gasteiger charge is 2.20. The molecule has 19 heavy (non-hydrogen) atoms. The van der Waals surface area contributed by atoms with Gasteiger partial charge in [0.25, 0.3) is 0 Å². The summed E-state index contributed by atoms with van der Waals surface area (Å²) in [6.45, 7) is 9.33. The Morgan fingerprint density at radius 3 is 2.42 bits per heavy atom. The van der Waals surface area contributed by atoms with Gasteiger partial charge in [-0.3, -0.25) is 0 Å². The van der Waals surface area contributed by atoms with E-state index in [1.54, 1.807) is 6.07 Å². The Bertz CT molecular complexity index is 427. The molecule has 0 spiro atoms. The van der Waals surface area contributed by atoms with Crippen LogP contribution in [-0.4, -0.2) is 6.54 Å². The molecule has 1 unspecified atom stereocenters. The van der Waals surface area contributed by atoms with E-state index in [0.29, 0.717) is 0 Å². The second kappa shape index (κ2) is 6.80. The highest BCUT2D eigenvalue weighted by molar-refractivity contribution is 9.10. The Morgan fingerprint density at radius 2 is 1.89 bits per heavy atom. The summed E-state index contributed by atoms with van der Waals surface area (Å²) in [5.74, 6) is -1.63. The molecule has 1 atom stereocenters. The van der Waals surface area contributed by atoms with Crippen molar-refractivity contribution in [3.8, 4) is 0 Å². The van der Waals surface area contributed by atoms with Crippen LogP contribution >= 0.6 is 15.9 Å². The molecule has 0 bridgehead atoms. The van der Waals surface area contributed by atoms with Crippen LogP contribution in [-0.2, 0) is 0 Å². The van der Waals surface area contributed by atoms with E-state index >= 15 is 0 Å². The maximum atomic E-state index is 13.6. The molecule has 0 aliphatic carbocycles. The molecule has 1 aromatic carbocycles. The zero-order valence-corrected chi connectivity index (χ0v) is 13.6. The van der Waals surface area contributed by atoms with Crippen LogP contribution in [0.5, 0.6) is 0 Å². The fourth-order valence-electron chi connectivity index (χ4n) is 2.00. The number of hydrogen-bond donors (Lipinski definition) is 1. The number of hydrogen-bond acceptors (Lipinski definition) is 1. The van der Waals surface area contributed by atoms with Gasteiger partial charge in [-0.15, -0.1) is 0 Å². The van der Waals surface area contributed by atoms with Crippen LogP contribution < -0.4 is 5.32 Å². The Kier molecular flexibility index (Phi) is 5.93. The first-order valence-electron chi connectivity index (χ1n) is 6.63. The van der Waals surface area contributed by atoms with E-state index in [4.69, 9.17) is 0 Å². The van der Waals surface area contributed by atoms with Gasteiger partial charge in [-0.05, 0) is 52.4 Å². The van der Waals surface area contributed by atoms with Crippen molar-refractivity contribution in [1.82, 2.24) is 5.32 Å². The van der Waals surface area contributed by atoms with Crippen molar-refractivity contribution >= 4 is 15.9 Å². The molecule has 0 amide bonds. The van der Waals surface area contributed by atoms with Crippen molar-refractivity contribution in [1.29, 1.82) is 0 Å². The molecule has 0 saturated heterocycles. The van der Waals surface area contributed by atoms with E-state index < -0.39 is 11.6 Å². The van der Waals surface area contributed by atoms with E-state index in [-0.39, 0.29) is 15.9 Å². The summed E-state index contributed by atoms with van der Waals surface area (Å²) >= 11 is 3.17. The number of rotatable bonds is 5. The van der Waals surface area contributed by atoms with Crippen LogP contribution in [0.1, 0.15) is 52.1 Å². The van der Waals surface area contributed by atoms with Crippen molar-refractivity contribution in [3.63, 3.8) is 0 Å². The van der Waals surface area contributed by atoms with Gasteiger partial charge in [-0.1, -0.05) is 33.8 Å². The maximum absolute atomic E-state index is 13.6. The first-order chi connectivity index (χ1) is 8.76. The minimum absolute atomic E-state index is 0.0358. The van der Waals surface area contributed by atoms with Gasteiger partial charge in [0, 0.05) is 6.04 Å². The third-order valence-corrected chi connectivity index (χ3v) is 3.88. The molecule has 0 radical (unpaired) electrons. The molecule has 1 rings (SSSR count). The highest BCUT2D eigenvalue weighted by atomic mass is 79.9. The fraction of sp³-hybridized carbons (Fsp3) is 0.600. The van der Waals surface area contributed by atoms with Gasteiger partial charge in [-0.25, -0.2) is 8.78 Å².